The normalized spacial score (nSPS) is 14.5. The fourth-order valence-electron chi connectivity index (χ4n) is 1.63. The van der Waals surface area contributed by atoms with Gasteiger partial charge in [0.05, 0.1) is 4.88 Å². The maximum Gasteiger partial charge on any atom is 0.229 e. The minimum Gasteiger partial charge on any atom is -0.302 e. The third-order valence-electron chi connectivity index (χ3n) is 2.81. The molecular formula is C13H11FN2OS. The van der Waals surface area contributed by atoms with Crippen LogP contribution in [0, 0.1) is 11.7 Å². The van der Waals surface area contributed by atoms with Crippen LogP contribution in [-0.2, 0) is 4.79 Å². The van der Waals surface area contributed by atoms with Crippen LogP contribution in [0.4, 0.5) is 9.52 Å². The van der Waals surface area contributed by atoms with Crippen LogP contribution in [0.5, 0.6) is 0 Å². The van der Waals surface area contributed by atoms with Crippen LogP contribution in [0.15, 0.2) is 30.5 Å². The van der Waals surface area contributed by atoms with E-state index in [4.69, 9.17) is 0 Å². The molecule has 0 aliphatic heterocycles. The highest BCUT2D eigenvalue weighted by Gasteiger charge is 2.30. The number of aromatic nitrogens is 1. The Kier molecular flexibility index (Phi) is 2.83. The molecule has 1 aliphatic carbocycles. The number of halogens is 1. The first kappa shape index (κ1) is 11.3. The summed E-state index contributed by atoms with van der Waals surface area (Å²) in [7, 11) is 0. The molecule has 18 heavy (non-hydrogen) atoms. The molecule has 1 heterocycles. The number of hydrogen-bond donors (Lipinski definition) is 1. The maximum absolute atomic E-state index is 12.8. The van der Waals surface area contributed by atoms with E-state index in [1.807, 2.05) is 0 Å². The number of benzene rings is 1. The van der Waals surface area contributed by atoms with Gasteiger partial charge in [-0.25, -0.2) is 9.37 Å². The first-order valence-corrected chi connectivity index (χ1v) is 6.56. The number of thiazole rings is 1. The van der Waals surface area contributed by atoms with Gasteiger partial charge in [0, 0.05) is 12.1 Å². The van der Waals surface area contributed by atoms with Gasteiger partial charge in [0.1, 0.15) is 5.82 Å². The van der Waals surface area contributed by atoms with E-state index in [9.17, 15) is 9.18 Å². The number of carbonyl (C=O) groups is 1. The number of nitrogens with zero attached hydrogens (tertiary/aromatic N) is 1. The van der Waals surface area contributed by atoms with Crippen molar-refractivity contribution >= 4 is 22.4 Å². The van der Waals surface area contributed by atoms with E-state index in [0.717, 1.165) is 23.3 Å². The van der Waals surface area contributed by atoms with Crippen molar-refractivity contribution in [2.45, 2.75) is 12.8 Å². The molecule has 1 aromatic heterocycles. The van der Waals surface area contributed by atoms with E-state index < -0.39 is 0 Å². The second-order valence-electron chi connectivity index (χ2n) is 4.30. The zero-order valence-corrected chi connectivity index (χ0v) is 10.3. The molecule has 0 atom stereocenters. The van der Waals surface area contributed by atoms with Gasteiger partial charge in [-0.3, -0.25) is 4.79 Å². The molecule has 1 N–H and O–H groups in total. The van der Waals surface area contributed by atoms with Gasteiger partial charge < -0.3 is 5.32 Å². The standard InChI is InChI=1S/C13H11FN2OS/c14-10-5-3-8(4-6-10)11-7-15-13(18-11)16-12(17)9-1-2-9/h3-7,9H,1-2H2,(H,15,16,17). The number of amides is 1. The summed E-state index contributed by atoms with van der Waals surface area (Å²) in [6, 6.07) is 6.24. The van der Waals surface area contributed by atoms with Gasteiger partial charge in [-0.2, -0.15) is 0 Å². The van der Waals surface area contributed by atoms with Crippen LogP contribution in [0.3, 0.4) is 0 Å². The van der Waals surface area contributed by atoms with Gasteiger partial charge in [0.25, 0.3) is 0 Å². The zero-order chi connectivity index (χ0) is 12.5. The number of nitrogens with one attached hydrogen (secondary N) is 1. The van der Waals surface area contributed by atoms with Crippen molar-refractivity contribution in [3.8, 4) is 10.4 Å². The lowest BCUT2D eigenvalue weighted by molar-refractivity contribution is -0.117. The predicted molar refractivity (Wildman–Crippen MR) is 68.9 cm³/mol. The van der Waals surface area contributed by atoms with Crippen molar-refractivity contribution in [2.75, 3.05) is 5.32 Å². The van der Waals surface area contributed by atoms with E-state index in [1.165, 1.54) is 23.5 Å². The minimum absolute atomic E-state index is 0.0509. The van der Waals surface area contributed by atoms with Crippen LogP contribution < -0.4 is 5.32 Å². The van der Waals surface area contributed by atoms with E-state index >= 15 is 0 Å². The lowest BCUT2D eigenvalue weighted by Gasteiger charge is -1.98. The monoisotopic (exact) mass is 262 g/mol. The van der Waals surface area contributed by atoms with Gasteiger partial charge in [0.2, 0.25) is 5.91 Å². The van der Waals surface area contributed by atoms with Crippen LogP contribution in [-0.4, -0.2) is 10.9 Å². The first-order valence-electron chi connectivity index (χ1n) is 5.75. The van der Waals surface area contributed by atoms with Gasteiger partial charge in [-0.05, 0) is 30.5 Å². The SMILES string of the molecule is O=C(Nc1ncc(-c2ccc(F)cc2)s1)C1CC1. The highest BCUT2D eigenvalue weighted by atomic mass is 32.1. The molecule has 0 unspecified atom stereocenters. The van der Waals surface area contributed by atoms with E-state index in [-0.39, 0.29) is 17.6 Å². The molecule has 0 bridgehead atoms. The molecule has 2 aromatic rings. The third-order valence-corrected chi connectivity index (χ3v) is 3.77. The van der Waals surface area contributed by atoms with Crippen LogP contribution >= 0.6 is 11.3 Å². The van der Waals surface area contributed by atoms with Crippen molar-refractivity contribution in [1.29, 1.82) is 0 Å². The molecule has 92 valence electrons. The Morgan fingerprint density at radius 3 is 2.72 bits per heavy atom. The first-order chi connectivity index (χ1) is 8.72. The molecule has 1 saturated carbocycles. The Hall–Kier alpha value is -1.75. The summed E-state index contributed by atoms with van der Waals surface area (Å²) in [5.74, 6) is -0.0382. The Morgan fingerprint density at radius 2 is 2.06 bits per heavy atom. The Balaban J connectivity index is 1.76. The van der Waals surface area contributed by atoms with Crippen molar-refractivity contribution in [1.82, 2.24) is 4.98 Å². The predicted octanol–water partition coefficient (Wildman–Crippen LogP) is 3.30. The van der Waals surface area contributed by atoms with Gasteiger partial charge in [-0.1, -0.05) is 23.5 Å². The highest BCUT2D eigenvalue weighted by Crippen LogP contribution is 2.33. The molecule has 0 radical (unpaired) electrons. The van der Waals surface area contributed by atoms with E-state index in [1.54, 1.807) is 18.3 Å². The number of rotatable bonds is 3. The van der Waals surface area contributed by atoms with Crippen LogP contribution in [0.25, 0.3) is 10.4 Å². The molecule has 0 spiro atoms. The summed E-state index contributed by atoms with van der Waals surface area (Å²) < 4.78 is 12.8. The molecule has 0 saturated heterocycles. The average Bonchev–Trinajstić information content (AvgIpc) is 3.12. The molecule has 1 amide bonds. The average molecular weight is 262 g/mol. The fourth-order valence-corrected chi connectivity index (χ4v) is 2.46. The third kappa shape index (κ3) is 2.41. The summed E-state index contributed by atoms with van der Waals surface area (Å²) in [4.78, 5) is 16.6. The van der Waals surface area contributed by atoms with E-state index in [0.29, 0.717) is 5.13 Å². The smallest absolute Gasteiger partial charge is 0.229 e. The van der Waals surface area contributed by atoms with Gasteiger partial charge >= 0.3 is 0 Å². The Labute approximate surface area is 108 Å². The molecule has 1 aromatic carbocycles. The van der Waals surface area contributed by atoms with Gasteiger partial charge in [0.15, 0.2) is 5.13 Å². The summed E-state index contributed by atoms with van der Waals surface area (Å²) >= 11 is 1.40. The number of carbonyl (C=O) groups excluding carboxylic acids is 1. The van der Waals surface area contributed by atoms with Crippen molar-refractivity contribution in [2.24, 2.45) is 5.92 Å². The van der Waals surface area contributed by atoms with Crippen molar-refractivity contribution < 1.29 is 9.18 Å². The molecule has 1 fully saturated rings. The van der Waals surface area contributed by atoms with Crippen LogP contribution in [0.2, 0.25) is 0 Å². The van der Waals surface area contributed by atoms with Gasteiger partial charge in [-0.15, -0.1) is 0 Å². The molecule has 3 nitrogen and oxygen atoms in total. The lowest BCUT2D eigenvalue weighted by atomic mass is 10.2. The van der Waals surface area contributed by atoms with Crippen molar-refractivity contribution in [3.63, 3.8) is 0 Å². The molecular weight excluding hydrogens is 251 g/mol. The van der Waals surface area contributed by atoms with Crippen molar-refractivity contribution in [3.05, 3.63) is 36.3 Å². The molecule has 5 heteroatoms. The minimum atomic E-state index is -0.259. The lowest BCUT2D eigenvalue weighted by Crippen LogP contribution is -2.12. The maximum atomic E-state index is 12.8. The summed E-state index contributed by atoms with van der Waals surface area (Å²) in [6.45, 7) is 0. The summed E-state index contributed by atoms with van der Waals surface area (Å²) in [6.07, 6.45) is 3.64. The molecule has 1 aliphatic rings. The quantitative estimate of drug-likeness (QED) is 0.922. The highest BCUT2D eigenvalue weighted by molar-refractivity contribution is 7.19. The number of anilines is 1. The topological polar surface area (TPSA) is 42.0 Å². The largest absolute Gasteiger partial charge is 0.302 e. The fraction of sp³-hybridized carbons (Fsp3) is 0.231. The number of hydrogen-bond acceptors (Lipinski definition) is 3. The van der Waals surface area contributed by atoms with E-state index in [2.05, 4.69) is 10.3 Å². The Bertz CT molecular complexity index is 575. The summed E-state index contributed by atoms with van der Waals surface area (Å²) in [5.41, 5.74) is 0.904. The second-order valence-corrected chi connectivity index (χ2v) is 5.33. The Morgan fingerprint density at radius 1 is 1.33 bits per heavy atom. The second kappa shape index (κ2) is 4.49. The van der Waals surface area contributed by atoms with Crippen LogP contribution in [0.1, 0.15) is 12.8 Å². The zero-order valence-electron chi connectivity index (χ0n) is 9.52. The molecule has 3 rings (SSSR count). The summed E-state index contributed by atoms with van der Waals surface area (Å²) in [5, 5.41) is 3.40.